The van der Waals surface area contributed by atoms with Gasteiger partial charge in [-0.05, 0) is 25.5 Å². The van der Waals surface area contributed by atoms with Gasteiger partial charge in [0.15, 0.2) is 0 Å². The fourth-order valence-corrected chi connectivity index (χ4v) is 2.93. The van der Waals surface area contributed by atoms with Crippen molar-refractivity contribution < 1.29 is 10.1 Å². The topological polar surface area (TPSA) is 61.4 Å². The molecule has 6 heteroatoms. The predicted molar refractivity (Wildman–Crippen MR) is 75.2 cm³/mol. The lowest BCUT2D eigenvalue weighted by molar-refractivity contribution is -0.729. The monoisotopic (exact) mass is 275 g/mol. The molecular weight excluding hydrogens is 256 g/mol. The first kappa shape index (κ1) is 13.1. The molecule has 1 saturated heterocycles. The summed E-state index contributed by atoms with van der Waals surface area (Å²) in [6.45, 7) is 5.50. The van der Waals surface area contributed by atoms with Gasteiger partial charge in [-0.1, -0.05) is 6.92 Å². The Morgan fingerprint density at radius 2 is 2.15 bits per heavy atom. The van der Waals surface area contributed by atoms with Crippen LogP contribution in [0.2, 0.25) is 0 Å². The third-order valence-corrected chi connectivity index (χ3v) is 4.15. The van der Waals surface area contributed by atoms with Gasteiger partial charge in [0, 0.05) is 30.6 Å². The first-order valence-electron chi connectivity index (χ1n) is 7.05. The molecule has 0 atom stereocenters. The summed E-state index contributed by atoms with van der Waals surface area (Å²) in [5, 5.41) is 14.3. The van der Waals surface area contributed by atoms with Crippen LogP contribution in [0.15, 0.2) is 24.4 Å². The molecule has 1 aromatic heterocycles. The summed E-state index contributed by atoms with van der Waals surface area (Å²) in [6, 6.07) is 5.55. The van der Waals surface area contributed by atoms with Crippen LogP contribution in [0.1, 0.15) is 25.8 Å². The maximum atomic E-state index is 10.9. The van der Waals surface area contributed by atoms with Crippen LogP contribution in [0.5, 0.6) is 0 Å². The minimum absolute atomic E-state index is 0.115. The summed E-state index contributed by atoms with van der Waals surface area (Å²) in [7, 11) is 0. The van der Waals surface area contributed by atoms with E-state index in [-0.39, 0.29) is 10.6 Å². The summed E-state index contributed by atoms with van der Waals surface area (Å²) in [6.07, 6.45) is 3.95. The SMILES string of the molecule is CCN1CCC(n2ncc3cc([N+](=O)O)ccc32)CC1. The molecule has 0 unspecified atom stereocenters. The van der Waals surface area contributed by atoms with Crippen LogP contribution < -0.4 is 0 Å². The van der Waals surface area contributed by atoms with E-state index in [1.54, 1.807) is 18.3 Å². The highest BCUT2D eigenvalue weighted by Crippen LogP contribution is 2.27. The molecular formula is C14H19N4O2+. The Morgan fingerprint density at radius 3 is 2.80 bits per heavy atom. The van der Waals surface area contributed by atoms with Gasteiger partial charge in [0.25, 0.3) is 4.92 Å². The van der Waals surface area contributed by atoms with Crippen LogP contribution in [0.3, 0.4) is 0 Å². The second-order valence-electron chi connectivity index (χ2n) is 5.27. The van der Waals surface area contributed by atoms with Crippen molar-refractivity contribution in [1.82, 2.24) is 14.7 Å². The van der Waals surface area contributed by atoms with Crippen LogP contribution in [0.25, 0.3) is 10.9 Å². The molecule has 3 rings (SSSR count). The highest BCUT2D eigenvalue weighted by Gasteiger charge is 2.22. The van der Waals surface area contributed by atoms with E-state index in [9.17, 15) is 4.91 Å². The third kappa shape index (κ3) is 2.27. The lowest BCUT2D eigenvalue weighted by Crippen LogP contribution is -2.34. The van der Waals surface area contributed by atoms with Crippen molar-refractivity contribution in [1.29, 1.82) is 0 Å². The maximum absolute atomic E-state index is 10.9. The molecule has 0 saturated carbocycles. The van der Waals surface area contributed by atoms with Gasteiger partial charge < -0.3 is 4.90 Å². The van der Waals surface area contributed by atoms with E-state index < -0.39 is 0 Å². The lowest BCUT2D eigenvalue weighted by atomic mass is 10.1. The standard InChI is InChI=1S/C14H19N4O2/c1-2-16-7-5-12(6-8-16)17-14-4-3-13(18(19)20)9-11(14)10-15-17/h3-4,9-10,12H,2,5-8H2,1H3,(H,19,20)/q+1. The summed E-state index contributed by atoms with van der Waals surface area (Å²) >= 11 is 0. The molecule has 20 heavy (non-hydrogen) atoms. The largest absolute Gasteiger partial charge is 0.317 e. The Morgan fingerprint density at radius 1 is 1.40 bits per heavy atom. The van der Waals surface area contributed by atoms with Crippen molar-refractivity contribution in [3.63, 3.8) is 0 Å². The lowest BCUT2D eigenvalue weighted by Gasteiger charge is -2.31. The Bertz CT molecular complexity index is 629. The van der Waals surface area contributed by atoms with Gasteiger partial charge in [0.05, 0.1) is 22.7 Å². The third-order valence-electron chi connectivity index (χ3n) is 4.15. The van der Waals surface area contributed by atoms with Gasteiger partial charge in [0.1, 0.15) is 0 Å². The van der Waals surface area contributed by atoms with E-state index >= 15 is 0 Å². The van der Waals surface area contributed by atoms with E-state index in [1.807, 2.05) is 6.07 Å². The fourth-order valence-electron chi connectivity index (χ4n) is 2.93. The van der Waals surface area contributed by atoms with Crippen molar-refractivity contribution in [2.45, 2.75) is 25.8 Å². The van der Waals surface area contributed by atoms with Crippen molar-refractivity contribution in [2.75, 3.05) is 19.6 Å². The molecule has 0 amide bonds. The second-order valence-corrected chi connectivity index (χ2v) is 5.27. The second kappa shape index (κ2) is 5.20. The molecule has 0 bridgehead atoms. The van der Waals surface area contributed by atoms with Crippen molar-refractivity contribution >= 4 is 16.6 Å². The van der Waals surface area contributed by atoms with Crippen LogP contribution in [-0.2, 0) is 0 Å². The molecule has 106 valence electrons. The first-order chi connectivity index (χ1) is 9.69. The number of nitrogens with zero attached hydrogens (tertiary/aromatic N) is 4. The number of aromatic nitrogens is 2. The smallest absolute Gasteiger partial charge is 0.303 e. The van der Waals surface area contributed by atoms with Gasteiger partial charge >= 0.3 is 5.69 Å². The molecule has 0 radical (unpaired) electrons. The minimum atomic E-state index is -0.115. The molecule has 1 aliphatic rings. The average Bonchev–Trinajstić information content (AvgIpc) is 2.90. The van der Waals surface area contributed by atoms with Gasteiger partial charge in [-0.25, -0.2) is 5.21 Å². The van der Waals surface area contributed by atoms with Crippen LogP contribution >= 0.6 is 0 Å². The van der Waals surface area contributed by atoms with E-state index in [0.29, 0.717) is 6.04 Å². The van der Waals surface area contributed by atoms with Crippen LogP contribution in [-0.4, -0.2) is 44.4 Å². The molecule has 1 N–H and O–H groups in total. The molecule has 0 aliphatic carbocycles. The van der Waals surface area contributed by atoms with Crippen LogP contribution in [0, 0.1) is 4.91 Å². The van der Waals surface area contributed by atoms with E-state index in [1.165, 1.54) is 0 Å². The maximum Gasteiger partial charge on any atom is 0.317 e. The molecule has 0 spiro atoms. The Labute approximate surface area is 117 Å². The average molecular weight is 275 g/mol. The number of fused-ring (bicyclic) bond motifs is 1. The number of hydrogen-bond donors (Lipinski definition) is 1. The van der Waals surface area contributed by atoms with Crippen molar-refractivity contribution in [2.24, 2.45) is 0 Å². The molecule has 2 aromatic rings. The van der Waals surface area contributed by atoms with Gasteiger partial charge in [0.2, 0.25) is 0 Å². The summed E-state index contributed by atoms with van der Waals surface area (Å²) in [5.41, 5.74) is 1.25. The fraction of sp³-hybridized carbons (Fsp3) is 0.500. The van der Waals surface area contributed by atoms with E-state index in [0.717, 1.165) is 43.4 Å². The highest BCUT2D eigenvalue weighted by atomic mass is 16.6. The Hall–Kier alpha value is -1.95. The number of hydrogen-bond acceptors (Lipinski definition) is 3. The Kier molecular flexibility index (Phi) is 3.40. The van der Waals surface area contributed by atoms with Gasteiger partial charge in [-0.3, -0.25) is 4.68 Å². The zero-order valence-corrected chi connectivity index (χ0v) is 11.6. The summed E-state index contributed by atoms with van der Waals surface area (Å²) < 4.78 is 2.05. The zero-order chi connectivity index (χ0) is 14.1. The quantitative estimate of drug-likeness (QED) is 0.874. The molecule has 1 aromatic carbocycles. The Balaban J connectivity index is 1.88. The summed E-state index contributed by atoms with van der Waals surface area (Å²) in [4.78, 5) is 13.2. The van der Waals surface area contributed by atoms with Gasteiger partial charge in [-0.2, -0.15) is 5.10 Å². The van der Waals surface area contributed by atoms with E-state index in [4.69, 9.17) is 5.21 Å². The molecule has 2 heterocycles. The van der Waals surface area contributed by atoms with Crippen molar-refractivity contribution in [3.05, 3.63) is 29.3 Å². The number of likely N-dealkylation sites (tertiary alicyclic amines) is 1. The number of piperidine rings is 1. The zero-order valence-electron chi connectivity index (χ0n) is 11.6. The molecule has 1 fully saturated rings. The highest BCUT2D eigenvalue weighted by molar-refractivity contribution is 5.81. The van der Waals surface area contributed by atoms with Gasteiger partial charge in [-0.15, -0.1) is 0 Å². The number of rotatable bonds is 3. The predicted octanol–water partition coefficient (Wildman–Crippen LogP) is 2.49. The normalized spacial score (nSPS) is 17.6. The number of benzene rings is 1. The first-order valence-corrected chi connectivity index (χ1v) is 7.05. The molecule has 6 nitrogen and oxygen atoms in total. The van der Waals surface area contributed by atoms with Crippen molar-refractivity contribution in [3.8, 4) is 0 Å². The molecule has 1 aliphatic heterocycles. The minimum Gasteiger partial charge on any atom is -0.303 e. The van der Waals surface area contributed by atoms with Crippen LogP contribution in [0.4, 0.5) is 5.69 Å². The van der Waals surface area contributed by atoms with E-state index in [2.05, 4.69) is 21.6 Å². The summed E-state index contributed by atoms with van der Waals surface area (Å²) in [5.74, 6) is 0.